The van der Waals surface area contributed by atoms with E-state index in [1.807, 2.05) is 23.6 Å². The van der Waals surface area contributed by atoms with Crippen LogP contribution in [0.25, 0.3) is 0 Å². The Morgan fingerprint density at radius 2 is 2.00 bits per heavy atom. The van der Waals surface area contributed by atoms with E-state index < -0.39 is 5.97 Å². The third-order valence-electron chi connectivity index (χ3n) is 4.32. The Kier molecular flexibility index (Phi) is 4.32. The highest BCUT2D eigenvalue weighted by Gasteiger charge is 2.35. The molecule has 0 aromatic rings. The molecule has 19 heavy (non-hydrogen) atoms. The molecule has 0 aromatic carbocycles. The van der Waals surface area contributed by atoms with Gasteiger partial charge in [-0.1, -0.05) is 6.92 Å². The predicted molar refractivity (Wildman–Crippen MR) is 71.8 cm³/mol. The first-order valence-corrected chi connectivity index (χ1v) is 7.29. The van der Waals surface area contributed by atoms with Gasteiger partial charge in [0.05, 0.1) is 5.92 Å². The highest BCUT2D eigenvalue weighted by Crippen LogP contribution is 2.30. The first-order chi connectivity index (χ1) is 9.02. The minimum absolute atomic E-state index is 0.0369. The van der Waals surface area contributed by atoms with Crippen LogP contribution in [0.3, 0.4) is 0 Å². The fourth-order valence-electron chi connectivity index (χ4n) is 2.84. The van der Waals surface area contributed by atoms with Crippen molar-refractivity contribution in [2.24, 2.45) is 17.8 Å². The Morgan fingerprint density at radius 1 is 1.32 bits per heavy atom. The molecule has 0 spiro atoms. The summed E-state index contributed by atoms with van der Waals surface area (Å²) in [5.74, 6) is -0.305. The van der Waals surface area contributed by atoms with E-state index in [1.165, 1.54) is 12.8 Å². The maximum absolute atomic E-state index is 12.4. The van der Waals surface area contributed by atoms with Crippen molar-refractivity contribution in [3.63, 3.8) is 0 Å². The van der Waals surface area contributed by atoms with Crippen LogP contribution in [0.1, 0.15) is 33.1 Å². The number of hydrogen-bond acceptors (Lipinski definition) is 2. The van der Waals surface area contributed by atoms with Crippen LogP contribution in [0.4, 0.5) is 4.79 Å². The largest absolute Gasteiger partial charge is 0.481 e. The molecular formula is C14H24N2O3. The van der Waals surface area contributed by atoms with Gasteiger partial charge >= 0.3 is 12.0 Å². The van der Waals surface area contributed by atoms with Crippen molar-refractivity contribution in [2.45, 2.75) is 33.1 Å². The lowest BCUT2D eigenvalue weighted by Gasteiger charge is -2.37. The van der Waals surface area contributed by atoms with Gasteiger partial charge in [0.15, 0.2) is 0 Å². The smallest absolute Gasteiger partial charge is 0.320 e. The standard InChI is InChI=1S/C14H24N2O3/c1-3-15(9-11-4-5-11)14(19)16-7-6-12(13(17)18)10(2)8-16/h10-12H,3-9H2,1-2H3,(H,17,18). The second kappa shape index (κ2) is 5.80. The minimum Gasteiger partial charge on any atom is -0.481 e. The quantitative estimate of drug-likeness (QED) is 0.847. The number of nitrogens with zero attached hydrogens (tertiary/aromatic N) is 2. The molecule has 0 aromatic heterocycles. The summed E-state index contributed by atoms with van der Waals surface area (Å²) in [5.41, 5.74) is 0. The van der Waals surface area contributed by atoms with E-state index in [0.717, 1.165) is 13.1 Å². The van der Waals surface area contributed by atoms with E-state index in [-0.39, 0.29) is 17.9 Å². The van der Waals surface area contributed by atoms with Crippen LogP contribution in [-0.2, 0) is 4.79 Å². The first-order valence-electron chi connectivity index (χ1n) is 7.29. The molecule has 1 saturated heterocycles. The number of urea groups is 1. The zero-order valence-electron chi connectivity index (χ0n) is 11.8. The molecule has 5 heteroatoms. The molecule has 2 unspecified atom stereocenters. The van der Waals surface area contributed by atoms with E-state index >= 15 is 0 Å². The minimum atomic E-state index is -0.732. The molecule has 5 nitrogen and oxygen atoms in total. The van der Waals surface area contributed by atoms with Crippen molar-refractivity contribution in [1.82, 2.24) is 9.80 Å². The summed E-state index contributed by atoms with van der Waals surface area (Å²) in [6, 6.07) is 0.0880. The first kappa shape index (κ1) is 14.2. The highest BCUT2D eigenvalue weighted by molar-refractivity contribution is 5.75. The van der Waals surface area contributed by atoms with Crippen LogP contribution in [0, 0.1) is 17.8 Å². The second-order valence-corrected chi connectivity index (χ2v) is 5.92. The number of amides is 2. The van der Waals surface area contributed by atoms with E-state index in [2.05, 4.69) is 0 Å². The third kappa shape index (κ3) is 3.39. The zero-order valence-corrected chi connectivity index (χ0v) is 11.8. The Morgan fingerprint density at radius 3 is 2.47 bits per heavy atom. The van der Waals surface area contributed by atoms with Gasteiger partial charge < -0.3 is 14.9 Å². The summed E-state index contributed by atoms with van der Waals surface area (Å²) in [6.07, 6.45) is 3.05. The van der Waals surface area contributed by atoms with Gasteiger partial charge in [-0.15, -0.1) is 0 Å². The van der Waals surface area contributed by atoms with Crippen molar-refractivity contribution in [3.8, 4) is 0 Å². The van der Waals surface area contributed by atoms with Crippen LogP contribution in [0.15, 0.2) is 0 Å². The Balaban J connectivity index is 1.90. The topological polar surface area (TPSA) is 60.9 Å². The molecule has 0 radical (unpaired) electrons. The highest BCUT2D eigenvalue weighted by atomic mass is 16.4. The van der Waals surface area contributed by atoms with E-state index in [0.29, 0.717) is 25.4 Å². The molecule has 2 atom stereocenters. The van der Waals surface area contributed by atoms with Gasteiger partial charge in [-0.05, 0) is 38.0 Å². The van der Waals surface area contributed by atoms with E-state index in [4.69, 9.17) is 5.11 Å². The van der Waals surface area contributed by atoms with Crippen molar-refractivity contribution < 1.29 is 14.7 Å². The number of hydrogen-bond donors (Lipinski definition) is 1. The molecule has 1 aliphatic carbocycles. The number of carbonyl (C=O) groups is 2. The summed E-state index contributed by atoms with van der Waals surface area (Å²) >= 11 is 0. The molecule has 0 bridgehead atoms. The number of carbonyl (C=O) groups excluding carboxylic acids is 1. The molecule has 1 N–H and O–H groups in total. The maximum Gasteiger partial charge on any atom is 0.320 e. The van der Waals surface area contributed by atoms with Crippen LogP contribution < -0.4 is 0 Å². The summed E-state index contributed by atoms with van der Waals surface area (Å²) in [6.45, 7) is 6.67. The van der Waals surface area contributed by atoms with Gasteiger partial charge in [0.1, 0.15) is 0 Å². The predicted octanol–water partition coefficient (Wildman–Crippen LogP) is 1.88. The summed E-state index contributed by atoms with van der Waals surface area (Å²) in [5, 5.41) is 9.10. The summed E-state index contributed by atoms with van der Waals surface area (Å²) < 4.78 is 0. The molecule has 2 amide bonds. The van der Waals surface area contributed by atoms with Crippen LogP contribution >= 0.6 is 0 Å². The molecule has 1 heterocycles. The van der Waals surface area contributed by atoms with Crippen molar-refractivity contribution >= 4 is 12.0 Å². The number of likely N-dealkylation sites (tertiary alicyclic amines) is 1. The van der Waals surface area contributed by atoms with Gasteiger partial charge in [-0.2, -0.15) is 0 Å². The number of piperidine rings is 1. The molecule has 108 valence electrons. The van der Waals surface area contributed by atoms with Gasteiger partial charge in [-0.3, -0.25) is 4.79 Å². The second-order valence-electron chi connectivity index (χ2n) is 5.92. The van der Waals surface area contributed by atoms with Crippen molar-refractivity contribution in [2.75, 3.05) is 26.2 Å². The van der Waals surface area contributed by atoms with Gasteiger partial charge in [0, 0.05) is 26.2 Å². The number of carboxylic acids is 1. The lowest BCUT2D eigenvalue weighted by atomic mass is 9.87. The SMILES string of the molecule is CCN(CC1CC1)C(=O)N1CCC(C(=O)O)C(C)C1. The van der Waals surface area contributed by atoms with E-state index in [9.17, 15) is 9.59 Å². The Hall–Kier alpha value is -1.26. The normalized spacial score (nSPS) is 27.2. The fourth-order valence-corrected chi connectivity index (χ4v) is 2.84. The maximum atomic E-state index is 12.4. The molecule has 2 fully saturated rings. The van der Waals surface area contributed by atoms with Crippen LogP contribution in [0.2, 0.25) is 0 Å². The van der Waals surface area contributed by atoms with Gasteiger partial charge in [-0.25, -0.2) is 4.79 Å². The lowest BCUT2D eigenvalue weighted by molar-refractivity contribution is -0.145. The number of carboxylic acid groups (broad SMARTS) is 1. The molecular weight excluding hydrogens is 244 g/mol. The van der Waals surface area contributed by atoms with Crippen LogP contribution in [-0.4, -0.2) is 53.1 Å². The molecule has 1 saturated carbocycles. The monoisotopic (exact) mass is 268 g/mol. The fraction of sp³-hybridized carbons (Fsp3) is 0.857. The lowest BCUT2D eigenvalue weighted by Crippen LogP contribution is -2.50. The Labute approximate surface area is 114 Å². The van der Waals surface area contributed by atoms with E-state index in [1.54, 1.807) is 0 Å². The average Bonchev–Trinajstić information content (AvgIpc) is 3.18. The average molecular weight is 268 g/mol. The number of rotatable bonds is 4. The van der Waals surface area contributed by atoms with Crippen molar-refractivity contribution in [1.29, 1.82) is 0 Å². The summed E-state index contributed by atoms with van der Waals surface area (Å²) in [4.78, 5) is 27.2. The summed E-state index contributed by atoms with van der Waals surface area (Å²) in [7, 11) is 0. The van der Waals surface area contributed by atoms with Gasteiger partial charge in [0.25, 0.3) is 0 Å². The Bertz CT molecular complexity index is 355. The molecule has 2 rings (SSSR count). The molecule has 2 aliphatic rings. The van der Waals surface area contributed by atoms with Crippen LogP contribution in [0.5, 0.6) is 0 Å². The zero-order chi connectivity index (χ0) is 14.0. The molecule has 1 aliphatic heterocycles. The number of aliphatic carboxylic acids is 1. The van der Waals surface area contributed by atoms with Gasteiger partial charge in [0.2, 0.25) is 0 Å². The third-order valence-corrected chi connectivity index (χ3v) is 4.32. The van der Waals surface area contributed by atoms with Crippen molar-refractivity contribution in [3.05, 3.63) is 0 Å².